The number of rotatable bonds is 6. The Bertz CT molecular complexity index is 859. The van der Waals surface area contributed by atoms with E-state index in [0.717, 1.165) is 12.8 Å². The lowest BCUT2D eigenvalue weighted by atomic mass is 9.51. The summed E-state index contributed by atoms with van der Waals surface area (Å²) >= 11 is 0. The molecule has 8 unspecified atom stereocenters. The average Bonchev–Trinajstić information content (AvgIpc) is 3.34. The highest BCUT2D eigenvalue weighted by Crippen LogP contribution is 2.66. The summed E-state index contributed by atoms with van der Waals surface area (Å²) in [6, 6.07) is 0. The Labute approximate surface area is 195 Å². The number of hydrogen-bond donors (Lipinski definition) is 0. The highest BCUT2D eigenvalue weighted by Gasteiger charge is 2.73. The van der Waals surface area contributed by atoms with Gasteiger partial charge in [0.2, 0.25) is 6.29 Å². The van der Waals surface area contributed by atoms with Crippen molar-refractivity contribution in [2.45, 2.75) is 101 Å². The van der Waals surface area contributed by atoms with Gasteiger partial charge in [0.05, 0.1) is 0 Å². The largest absolute Gasteiger partial charge is 0.455 e. The molecule has 1 spiro atoms. The van der Waals surface area contributed by atoms with Crippen LogP contribution in [0.1, 0.15) is 52.9 Å². The topological polar surface area (TPSA) is 98.8 Å². The number of hydrogen-bond acceptors (Lipinski definition) is 9. The van der Waals surface area contributed by atoms with Crippen molar-refractivity contribution in [3.63, 3.8) is 0 Å². The van der Waals surface area contributed by atoms with E-state index < -0.39 is 66.2 Å². The summed E-state index contributed by atoms with van der Waals surface area (Å²) in [6.07, 6.45) is -0.635. The molecule has 11 heteroatoms. The van der Waals surface area contributed by atoms with E-state index in [1.165, 1.54) is 0 Å². The van der Waals surface area contributed by atoms with E-state index >= 15 is 0 Å². The predicted octanol–water partition coefficient (Wildman–Crippen LogP) is 2.50. The second-order valence-corrected chi connectivity index (χ2v) is 10.7. The first-order valence-corrected chi connectivity index (χ1v) is 12.1. The number of carbonyl (C=O) groups is 2. The standard InChI is InChI=1S/C23H30F2O9/c1-4-28-10(2)29-18-15-14(17(26)31-18)16-19(30-15)33-23(32-16)12-5-11-6-13(23)9-22(7-11,8-12)34-20(27)21(3,24)25/h10-16,18-19H,4-9H2,1-3H3. The van der Waals surface area contributed by atoms with E-state index in [1.807, 2.05) is 6.92 Å². The third-order valence-electron chi connectivity index (χ3n) is 8.33. The van der Waals surface area contributed by atoms with E-state index in [0.29, 0.717) is 32.8 Å². The van der Waals surface area contributed by atoms with Gasteiger partial charge in [0.1, 0.15) is 23.7 Å². The fraction of sp³-hybridized carbons (Fsp3) is 0.913. The van der Waals surface area contributed by atoms with Gasteiger partial charge in [-0.25, -0.2) is 4.79 Å². The normalized spacial score (nSPS) is 49.3. The van der Waals surface area contributed by atoms with Crippen molar-refractivity contribution < 1.29 is 51.5 Å². The van der Waals surface area contributed by atoms with E-state index in [1.54, 1.807) is 6.92 Å². The Kier molecular flexibility index (Phi) is 5.11. The fourth-order valence-corrected chi connectivity index (χ4v) is 7.30. The third kappa shape index (κ3) is 3.34. The summed E-state index contributed by atoms with van der Waals surface area (Å²) in [4.78, 5) is 24.7. The molecule has 0 amide bonds. The monoisotopic (exact) mass is 488 g/mol. The lowest BCUT2D eigenvalue weighted by Gasteiger charge is -2.62. The lowest BCUT2D eigenvalue weighted by Crippen LogP contribution is -2.66. The predicted molar refractivity (Wildman–Crippen MR) is 106 cm³/mol. The lowest BCUT2D eigenvalue weighted by molar-refractivity contribution is -0.346. The van der Waals surface area contributed by atoms with Gasteiger partial charge in [0.15, 0.2) is 18.4 Å². The molecule has 3 heterocycles. The Morgan fingerprint density at radius 3 is 2.53 bits per heavy atom. The first-order chi connectivity index (χ1) is 16.0. The zero-order chi connectivity index (χ0) is 24.0. The van der Waals surface area contributed by atoms with Crippen molar-refractivity contribution >= 4 is 11.9 Å². The Balaban J connectivity index is 1.18. The van der Waals surface area contributed by atoms with Gasteiger partial charge in [-0.05, 0) is 51.9 Å². The summed E-state index contributed by atoms with van der Waals surface area (Å²) in [7, 11) is 0. The van der Waals surface area contributed by atoms with Crippen LogP contribution in [0.25, 0.3) is 0 Å². The SMILES string of the molecule is CCOC(C)OC1OC(=O)C2C1OC1OC3(OC12)C1CC2CC3CC(OC(=O)C(C)(F)F)(C2)C1. The zero-order valence-corrected chi connectivity index (χ0v) is 19.4. The Morgan fingerprint density at radius 1 is 1.18 bits per heavy atom. The van der Waals surface area contributed by atoms with Crippen molar-refractivity contribution in [2.75, 3.05) is 6.61 Å². The molecule has 7 rings (SSSR count). The zero-order valence-electron chi connectivity index (χ0n) is 19.4. The summed E-state index contributed by atoms with van der Waals surface area (Å²) in [5.74, 6) is -7.21. The molecular weight excluding hydrogens is 458 g/mol. The number of fused-ring (bicyclic) bond motifs is 3. The van der Waals surface area contributed by atoms with Crippen molar-refractivity contribution in [2.24, 2.45) is 23.7 Å². The quantitative estimate of drug-likeness (QED) is 0.413. The molecule has 7 aliphatic rings. The fourth-order valence-electron chi connectivity index (χ4n) is 7.30. The third-order valence-corrected chi connectivity index (χ3v) is 8.33. The van der Waals surface area contributed by atoms with Gasteiger partial charge < -0.3 is 33.2 Å². The van der Waals surface area contributed by atoms with Gasteiger partial charge in [0.25, 0.3) is 0 Å². The maximum Gasteiger partial charge on any atom is 0.377 e. The molecule has 0 radical (unpaired) electrons. The number of alkyl halides is 2. The van der Waals surface area contributed by atoms with Crippen molar-refractivity contribution in [3.05, 3.63) is 0 Å². The second-order valence-electron chi connectivity index (χ2n) is 10.7. The van der Waals surface area contributed by atoms with Crippen LogP contribution >= 0.6 is 0 Å². The number of carbonyl (C=O) groups excluding carboxylic acids is 2. The van der Waals surface area contributed by atoms with E-state index in [-0.39, 0.29) is 17.8 Å². The Morgan fingerprint density at radius 2 is 1.88 bits per heavy atom. The van der Waals surface area contributed by atoms with Gasteiger partial charge in [0, 0.05) is 25.4 Å². The number of esters is 2. The van der Waals surface area contributed by atoms with Crippen LogP contribution in [-0.4, -0.2) is 66.9 Å². The van der Waals surface area contributed by atoms with E-state index in [9.17, 15) is 18.4 Å². The first kappa shape index (κ1) is 23.0. The minimum Gasteiger partial charge on any atom is -0.455 e. The smallest absolute Gasteiger partial charge is 0.377 e. The van der Waals surface area contributed by atoms with E-state index in [4.69, 9.17) is 33.2 Å². The van der Waals surface area contributed by atoms with Gasteiger partial charge >= 0.3 is 17.9 Å². The van der Waals surface area contributed by atoms with Gasteiger partial charge in [-0.2, -0.15) is 8.78 Å². The second kappa shape index (κ2) is 7.55. The molecule has 0 aromatic heterocycles. The van der Waals surface area contributed by atoms with Crippen LogP contribution in [0.2, 0.25) is 0 Å². The van der Waals surface area contributed by atoms with E-state index in [2.05, 4.69) is 0 Å². The van der Waals surface area contributed by atoms with Crippen LogP contribution < -0.4 is 0 Å². The summed E-state index contributed by atoms with van der Waals surface area (Å²) in [6.45, 7) is 4.56. The van der Waals surface area contributed by atoms with Crippen molar-refractivity contribution in [1.82, 2.24) is 0 Å². The molecule has 0 N–H and O–H groups in total. The molecule has 9 nitrogen and oxygen atoms in total. The van der Waals surface area contributed by atoms with Crippen LogP contribution in [0.4, 0.5) is 8.78 Å². The molecule has 3 aliphatic heterocycles. The van der Waals surface area contributed by atoms with Crippen LogP contribution in [0.3, 0.4) is 0 Å². The maximum atomic E-state index is 13.6. The molecule has 4 saturated carbocycles. The molecule has 4 bridgehead atoms. The van der Waals surface area contributed by atoms with Crippen molar-refractivity contribution in [1.29, 1.82) is 0 Å². The van der Waals surface area contributed by atoms with Gasteiger partial charge in [-0.1, -0.05) is 0 Å². The minimum atomic E-state index is -3.54. The summed E-state index contributed by atoms with van der Waals surface area (Å²) in [5.41, 5.74) is -0.924. The molecule has 0 aromatic carbocycles. The van der Waals surface area contributed by atoms with Crippen LogP contribution in [0.5, 0.6) is 0 Å². The highest BCUT2D eigenvalue weighted by molar-refractivity contribution is 5.77. The molecule has 34 heavy (non-hydrogen) atoms. The van der Waals surface area contributed by atoms with Crippen LogP contribution in [-0.2, 0) is 42.7 Å². The molecule has 4 aliphatic carbocycles. The van der Waals surface area contributed by atoms with Crippen molar-refractivity contribution in [3.8, 4) is 0 Å². The van der Waals surface area contributed by atoms with Gasteiger partial charge in [-0.15, -0.1) is 0 Å². The van der Waals surface area contributed by atoms with Crippen LogP contribution in [0.15, 0.2) is 0 Å². The van der Waals surface area contributed by atoms with Gasteiger partial charge in [-0.3, -0.25) is 4.79 Å². The van der Waals surface area contributed by atoms with Crippen LogP contribution in [0, 0.1) is 23.7 Å². The summed E-state index contributed by atoms with van der Waals surface area (Å²) < 4.78 is 68.1. The summed E-state index contributed by atoms with van der Waals surface area (Å²) in [5, 5.41) is 0. The first-order valence-electron chi connectivity index (χ1n) is 12.1. The molecule has 8 atom stereocenters. The molecule has 7 fully saturated rings. The molecule has 3 saturated heterocycles. The maximum absolute atomic E-state index is 13.6. The molecular formula is C23H30F2O9. The number of cyclic esters (lactones) is 1. The average molecular weight is 488 g/mol. The molecule has 0 aromatic rings. The highest BCUT2D eigenvalue weighted by atomic mass is 19.3. The molecule has 190 valence electrons. The number of halogens is 2. The Hall–Kier alpha value is -1.40. The minimum absolute atomic E-state index is 0.146. The number of ether oxygens (including phenoxy) is 7.